The number of anilines is 1. The third-order valence-electron chi connectivity index (χ3n) is 5.23. The second-order valence-electron chi connectivity index (χ2n) is 7.75. The van der Waals surface area contributed by atoms with E-state index in [1.54, 1.807) is 24.3 Å². The van der Waals surface area contributed by atoms with Gasteiger partial charge in [-0.15, -0.1) is 0 Å². The van der Waals surface area contributed by atoms with Gasteiger partial charge in [-0.3, -0.25) is 9.10 Å². The summed E-state index contributed by atoms with van der Waals surface area (Å²) in [7, 11) is -1.08. The van der Waals surface area contributed by atoms with Crippen LogP contribution in [-0.4, -0.2) is 48.2 Å². The topological polar surface area (TPSA) is 94.2 Å². The number of rotatable bonds is 12. The lowest BCUT2D eigenvalue weighted by atomic mass is 10.2. The van der Waals surface area contributed by atoms with Crippen LogP contribution < -0.4 is 19.1 Å². The van der Waals surface area contributed by atoms with Crippen LogP contribution in [0.3, 0.4) is 0 Å². The first-order chi connectivity index (χ1) is 16.8. The number of sulfonamides is 1. The van der Waals surface area contributed by atoms with Crippen molar-refractivity contribution in [2.75, 3.05) is 38.2 Å². The molecule has 0 fully saturated rings. The van der Waals surface area contributed by atoms with Gasteiger partial charge in [-0.1, -0.05) is 48.0 Å². The van der Waals surface area contributed by atoms with Crippen molar-refractivity contribution in [3.05, 3.63) is 83.9 Å². The van der Waals surface area contributed by atoms with Crippen molar-refractivity contribution in [1.82, 2.24) is 5.32 Å². The number of nitrogens with zero attached hydrogens (tertiary/aromatic N) is 1. The number of amides is 1. The first-order valence-corrected chi connectivity index (χ1v) is 12.5. The minimum atomic E-state index is -4.04. The molecule has 0 aliphatic rings. The molecule has 0 aliphatic heterocycles. The third-order valence-corrected chi connectivity index (χ3v) is 7.02. The van der Waals surface area contributed by atoms with Gasteiger partial charge in [-0.25, -0.2) is 8.42 Å². The highest BCUT2D eigenvalue weighted by atomic mass is 32.2. The Labute approximate surface area is 206 Å². The Morgan fingerprint density at radius 3 is 2.26 bits per heavy atom. The monoisotopic (exact) mass is 498 g/mol. The molecular formula is C26H30N2O6S. The van der Waals surface area contributed by atoms with Gasteiger partial charge in [-0.05, 0) is 36.8 Å². The first kappa shape index (κ1) is 26.1. The Hall–Kier alpha value is -3.56. The number of ether oxygens (including phenoxy) is 3. The van der Waals surface area contributed by atoms with E-state index in [2.05, 4.69) is 5.32 Å². The number of nitrogens with one attached hydrogen (secondary N) is 1. The average Bonchev–Trinajstić information content (AvgIpc) is 2.87. The number of hydrogen-bond acceptors (Lipinski definition) is 6. The molecular weight excluding hydrogens is 468 g/mol. The maximum Gasteiger partial charge on any atom is 0.264 e. The zero-order chi connectivity index (χ0) is 25.3. The van der Waals surface area contributed by atoms with Gasteiger partial charge >= 0.3 is 0 Å². The van der Waals surface area contributed by atoms with E-state index in [1.165, 1.54) is 32.4 Å². The molecule has 0 heterocycles. The first-order valence-electron chi connectivity index (χ1n) is 11.0. The minimum absolute atomic E-state index is 0.0804. The predicted octanol–water partition coefficient (Wildman–Crippen LogP) is 3.54. The van der Waals surface area contributed by atoms with Gasteiger partial charge in [0.15, 0.2) is 11.5 Å². The Morgan fingerprint density at radius 1 is 0.914 bits per heavy atom. The lowest BCUT2D eigenvalue weighted by Crippen LogP contribution is -2.41. The summed E-state index contributed by atoms with van der Waals surface area (Å²) in [6.45, 7) is 2.42. The second kappa shape index (κ2) is 12.2. The highest BCUT2D eigenvalue weighted by molar-refractivity contribution is 7.92. The summed E-state index contributed by atoms with van der Waals surface area (Å²) < 4.78 is 44.3. The third kappa shape index (κ3) is 6.97. The van der Waals surface area contributed by atoms with E-state index in [0.717, 1.165) is 15.4 Å². The predicted molar refractivity (Wildman–Crippen MR) is 134 cm³/mol. The van der Waals surface area contributed by atoms with Crippen LogP contribution in [0.2, 0.25) is 0 Å². The van der Waals surface area contributed by atoms with E-state index >= 15 is 0 Å². The SMILES string of the molecule is COc1ccc(N(CC(=O)NCCOCc2ccccc2)S(=O)(=O)c2ccc(C)cc2)cc1OC. The van der Waals surface area contributed by atoms with E-state index in [4.69, 9.17) is 14.2 Å². The maximum atomic E-state index is 13.5. The molecule has 3 aromatic carbocycles. The highest BCUT2D eigenvalue weighted by Crippen LogP contribution is 2.33. The number of carbonyl (C=O) groups is 1. The maximum absolute atomic E-state index is 13.5. The molecule has 0 bridgehead atoms. The van der Waals surface area contributed by atoms with Crippen LogP contribution in [0.1, 0.15) is 11.1 Å². The molecule has 186 valence electrons. The Balaban J connectivity index is 1.74. The number of methoxy groups -OCH3 is 2. The summed E-state index contributed by atoms with van der Waals surface area (Å²) in [5.74, 6) is 0.339. The lowest BCUT2D eigenvalue weighted by Gasteiger charge is -2.25. The Morgan fingerprint density at radius 2 is 1.60 bits per heavy atom. The van der Waals surface area contributed by atoms with Crippen molar-refractivity contribution in [1.29, 1.82) is 0 Å². The number of hydrogen-bond donors (Lipinski definition) is 1. The number of carbonyl (C=O) groups excluding carboxylic acids is 1. The summed E-state index contributed by atoms with van der Waals surface area (Å²) in [6.07, 6.45) is 0. The van der Waals surface area contributed by atoms with Gasteiger partial charge in [0.1, 0.15) is 6.54 Å². The quantitative estimate of drug-likeness (QED) is 0.384. The van der Waals surface area contributed by atoms with Crippen LogP contribution >= 0.6 is 0 Å². The van der Waals surface area contributed by atoms with Crippen molar-refractivity contribution in [3.8, 4) is 11.5 Å². The molecule has 1 amide bonds. The van der Waals surface area contributed by atoms with Crippen molar-refractivity contribution in [3.63, 3.8) is 0 Å². The molecule has 3 rings (SSSR count). The van der Waals surface area contributed by atoms with E-state index in [9.17, 15) is 13.2 Å². The molecule has 0 aliphatic carbocycles. The van der Waals surface area contributed by atoms with Gasteiger partial charge in [0.05, 0.1) is 38.0 Å². The molecule has 0 saturated heterocycles. The molecule has 35 heavy (non-hydrogen) atoms. The molecule has 0 saturated carbocycles. The highest BCUT2D eigenvalue weighted by Gasteiger charge is 2.28. The van der Waals surface area contributed by atoms with Crippen molar-refractivity contribution < 1.29 is 27.4 Å². The zero-order valence-corrected chi connectivity index (χ0v) is 20.9. The average molecular weight is 499 g/mol. The van der Waals surface area contributed by atoms with Crippen molar-refractivity contribution >= 4 is 21.6 Å². The van der Waals surface area contributed by atoms with E-state index in [0.29, 0.717) is 24.7 Å². The summed E-state index contributed by atoms with van der Waals surface area (Å²) in [5.41, 5.74) is 2.23. The number of benzene rings is 3. The smallest absolute Gasteiger partial charge is 0.264 e. The van der Waals surface area contributed by atoms with Gasteiger partial charge in [0.2, 0.25) is 5.91 Å². The lowest BCUT2D eigenvalue weighted by molar-refractivity contribution is -0.119. The summed E-state index contributed by atoms with van der Waals surface area (Å²) in [6, 6.07) is 20.9. The van der Waals surface area contributed by atoms with E-state index < -0.39 is 22.5 Å². The summed E-state index contributed by atoms with van der Waals surface area (Å²) in [5, 5.41) is 2.73. The molecule has 0 unspecified atom stereocenters. The fourth-order valence-electron chi connectivity index (χ4n) is 3.35. The van der Waals surface area contributed by atoms with Crippen LogP contribution in [0.4, 0.5) is 5.69 Å². The molecule has 8 nitrogen and oxygen atoms in total. The zero-order valence-electron chi connectivity index (χ0n) is 20.1. The van der Waals surface area contributed by atoms with Crippen LogP contribution in [0.25, 0.3) is 0 Å². The van der Waals surface area contributed by atoms with Crippen molar-refractivity contribution in [2.45, 2.75) is 18.4 Å². The Bertz CT molecular complexity index is 1210. The largest absolute Gasteiger partial charge is 0.493 e. The fraction of sp³-hybridized carbons (Fsp3) is 0.269. The molecule has 3 aromatic rings. The standard InChI is InChI=1S/C26H30N2O6S/c1-20-9-12-23(13-10-20)35(30,31)28(22-11-14-24(32-2)25(17-22)33-3)18-26(29)27-15-16-34-19-21-7-5-4-6-8-21/h4-14,17H,15-16,18-19H2,1-3H3,(H,27,29). The van der Waals surface area contributed by atoms with Crippen LogP contribution in [0, 0.1) is 6.92 Å². The molecule has 1 N–H and O–H groups in total. The van der Waals surface area contributed by atoms with E-state index in [-0.39, 0.29) is 17.1 Å². The molecule has 9 heteroatoms. The van der Waals surface area contributed by atoms with Crippen molar-refractivity contribution in [2.24, 2.45) is 0 Å². The van der Waals surface area contributed by atoms with E-state index in [1.807, 2.05) is 37.3 Å². The van der Waals surface area contributed by atoms with Crippen LogP contribution in [-0.2, 0) is 26.2 Å². The number of aryl methyl sites for hydroxylation is 1. The molecule has 0 radical (unpaired) electrons. The Kier molecular flexibility index (Phi) is 9.11. The molecule has 0 aromatic heterocycles. The normalized spacial score (nSPS) is 11.1. The van der Waals surface area contributed by atoms with Crippen LogP contribution in [0.5, 0.6) is 11.5 Å². The summed E-state index contributed by atoms with van der Waals surface area (Å²) in [4.78, 5) is 12.8. The van der Waals surface area contributed by atoms with Gasteiger partial charge in [0, 0.05) is 12.6 Å². The summed E-state index contributed by atoms with van der Waals surface area (Å²) >= 11 is 0. The van der Waals surface area contributed by atoms with Gasteiger partial charge in [-0.2, -0.15) is 0 Å². The fourth-order valence-corrected chi connectivity index (χ4v) is 4.76. The minimum Gasteiger partial charge on any atom is -0.493 e. The van der Waals surface area contributed by atoms with Crippen LogP contribution in [0.15, 0.2) is 77.7 Å². The second-order valence-corrected chi connectivity index (χ2v) is 9.61. The molecule has 0 atom stereocenters. The molecule has 0 spiro atoms. The van der Waals surface area contributed by atoms with Gasteiger partial charge < -0.3 is 19.5 Å². The van der Waals surface area contributed by atoms with Gasteiger partial charge in [0.25, 0.3) is 10.0 Å².